The molecular formula is C8H13N3O2S. The second-order valence-corrected chi connectivity index (χ2v) is 4.32. The second-order valence-electron chi connectivity index (χ2n) is 3.77. The number of amides is 1. The molecule has 0 saturated carbocycles. The molecule has 0 spiro atoms. The van der Waals surface area contributed by atoms with Crippen molar-refractivity contribution in [2.24, 2.45) is 0 Å². The molecule has 0 bridgehead atoms. The van der Waals surface area contributed by atoms with E-state index in [0.717, 1.165) is 11.7 Å². The topological polar surface area (TPSA) is 66.3 Å². The normalized spacial score (nSPS) is 11.4. The van der Waals surface area contributed by atoms with Gasteiger partial charge in [0.2, 0.25) is 0 Å². The van der Waals surface area contributed by atoms with E-state index in [1.165, 1.54) is 11.1 Å². The van der Waals surface area contributed by atoms with Gasteiger partial charge in [0.1, 0.15) is 0 Å². The average Bonchev–Trinajstić information content (AvgIpc) is 2.51. The van der Waals surface area contributed by atoms with Gasteiger partial charge >= 0.3 is 0 Å². The van der Waals surface area contributed by atoms with E-state index < -0.39 is 5.60 Å². The van der Waals surface area contributed by atoms with Crippen molar-refractivity contribution in [2.75, 3.05) is 13.6 Å². The van der Waals surface area contributed by atoms with E-state index in [4.69, 9.17) is 0 Å². The van der Waals surface area contributed by atoms with Crippen LogP contribution in [0.5, 0.6) is 0 Å². The Kier molecular flexibility index (Phi) is 3.17. The summed E-state index contributed by atoms with van der Waals surface area (Å²) in [6, 6.07) is 0. The SMILES string of the molecule is CN(CC(C)(C)O)C(=O)c1cnsn1. The zero-order chi connectivity index (χ0) is 10.8. The first-order valence-corrected chi connectivity index (χ1v) is 4.88. The van der Waals surface area contributed by atoms with E-state index in [0.29, 0.717) is 5.69 Å². The molecule has 5 nitrogen and oxygen atoms in total. The van der Waals surface area contributed by atoms with E-state index in [9.17, 15) is 9.90 Å². The van der Waals surface area contributed by atoms with Crippen molar-refractivity contribution in [1.82, 2.24) is 13.6 Å². The third-order valence-electron chi connectivity index (χ3n) is 1.55. The maximum Gasteiger partial charge on any atom is 0.275 e. The molecule has 0 saturated heterocycles. The number of hydrogen-bond donors (Lipinski definition) is 1. The van der Waals surface area contributed by atoms with Gasteiger partial charge in [0.05, 0.1) is 23.5 Å². The van der Waals surface area contributed by atoms with Crippen molar-refractivity contribution in [3.63, 3.8) is 0 Å². The lowest BCUT2D eigenvalue weighted by atomic mass is 10.1. The van der Waals surface area contributed by atoms with Crippen LogP contribution in [0.4, 0.5) is 0 Å². The minimum Gasteiger partial charge on any atom is -0.389 e. The Hall–Kier alpha value is -1.01. The summed E-state index contributed by atoms with van der Waals surface area (Å²) in [5.41, 5.74) is -0.574. The van der Waals surface area contributed by atoms with Crippen LogP contribution in [0, 0.1) is 0 Å². The predicted octanol–water partition coefficient (Wildman–Crippen LogP) is 0.381. The Bertz CT molecular complexity index is 305. The van der Waals surface area contributed by atoms with Crippen LogP contribution in [0.15, 0.2) is 6.20 Å². The fourth-order valence-electron chi connectivity index (χ4n) is 1.11. The highest BCUT2D eigenvalue weighted by Gasteiger charge is 2.21. The Balaban J connectivity index is 2.63. The number of nitrogens with zero attached hydrogens (tertiary/aromatic N) is 3. The number of carbonyl (C=O) groups is 1. The number of rotatable bonds is 3. The van der Waals surface area contributed by atoms with Crippen LogP contribution in [0.25, 0.3) is 0 Å². The van der Waals surface area contributed by atoms with Crippen LogP contribution in [0.3, 0.4) is 0 Å². The lowest BCUT2D eigenvalue weighted by Crippen LogP contribution is -2.39. The smallest absolute Gasteiger partial charge is 0.275 e. The number of likely N-dealkylation sites (N-methyl/N-ethyl adjacent to an activating group) is 1. The molecule has 1 rings (SSSR count). The highest BCUT2D eigenvalue weighted by molar-refractivity contribution is 6.99. The molecule has 1 aromatic heterocycles. The van der Waals surface area contributed by atoms with Gasteiger partial charge < -0.3 is 10.0 Å². The maximum atomic E-state index is 11.6. The molecule has 1 N–H and O–H groups in total. The van der Waals surface area contributed by atoms with Gasteiger partial charge in [0.25, 0.3) is 5.91 Å². The zero-order valence-electron chi connectivity index (χ0n) is 8.39. The first-order valence-electron chi connectivity index (χ1n) is 4.15. The number of hydrogen-bond acceptors (Lipinski definition) is 5. The molecule has 1 heterocycles. The third kappa shape index (κ3) is 3.04. The summed E-state index contributed by atoms with van der Waals surface area (Å²) >= 11 is 0.993. The highest BCUT2D eigenvalue weighted by Crippen LogP contribution is 2.06. The van der Waals surface area contributed by atoms with Gasteiger partial charge in [-0.1, -0.05) is 0 Å². The van der Waals surface area contributed by atoms with Crippen molar-refractivity contribution in [1.29, 1.82) is 0 Å². The molecule has 1 amide bonds. The average molecular weight is 215 g/mol. The van der Waals surface area contributed by atoms with Crippen LogP contribution >= 0.6 is 11.7 Å². The van der Waals surface area contributed by atoms with Gasteiger partial charge in [-0.2, -0.15) is 8.75 Å². The van der Waals surface area contributed by atoms with Crippen molar-refractivity contribution >= 4 is 17.6 Å². The molecule has 78 valence electrons. The Morgan fingerprint density at radius 2 is 2.36 bits per heavy atom. The highest BCUT2D eigenvalue weighted by atomic mass is 32.1. The summed E-state index contributed by atoms with van der Waals surface area (Å²) in [7, 11) is 1.62. The van der Waals surface area contributed by atoms with E-state index in [1.54, 1.807) is 20.9 Å². The van der Waals surface area contributed by atoms with Crippen LogP contribution in [0.1, 0.15) is 24.3 Å². The Morgan fingerprint density at radius 3 is 2.79 bits per heavy atom. The lowest BCUT2D eigenvalue weighted by Gasteiger charge is -2.24. The summed E-state index contributed by atoms with van der Waals surface area (Å²) in [6.45, 7) is 3.56. The molecule has 0 fully saturated rings. The zero-order valence-corrected chi connectivity index (χ0v) is 9.21. The first kappa shape index (κ1) is 11.1. The predicted molar refractivity (Wildman–Crippen MR) is 53.2 cm³/mol. The van der Waals surface area contributed by atoms with E-state index in [1.807, 2.05) is 0 Å². The third-order valence-corrected chi connectivity index (χ3v) is 2.03. The molecule has 6 heteroatoms. The van der Waals surface area contributed by atoms with E-state index in [-0.39, 0.29) is 12.5 Å². The van der Waals surface area contributed by atoms with Gasteiger partial charge in [-0.3, -0.25) is 4.79 Å². The summed E-state index contributed by atoms with van der Waals surface area (Å²) < 4.78 is 7.57. The summed E-state index contributed by atoms with van der Waals surface area (Å²) in [4.78, 5) is 13.0. The number of aromatic nitrogens is 2. The molecule has 0 radical (unpaired) electrons. The molecule has 14 heavy (non-hydrogen) atoms. The van der Waals surface area contributed by atoms with Crippen LogP contribution in [-0.4, -0.2) is 43.9 Å². The lowest BCUT2D eigenvalue weighted by molar-refractivity contribution is 0.0365. The van der Waals surface area contributed by atoms with Crippen LogP contribution < -0.4 is 0 Å². The monoisotopic (exact) mass is 215 g/mol. The largest absolute Gasteiger partial charge is 0.389 e. The molecule has 0 unspecified atom stereocenters. The molecular weight excluding hydrogens is 202 g/mol. The van der Waals surface area contributed by atoms with Crippen molar-refractivity contribution in [3.8, 4) is 0 Å². The fraction of sp³-hybridized carbons (Fsp3) is 0.625. The minimum atomic E-state index is -0.895. The molecule has 0 aliphatic rings. The van der Waals surface area contributed by atoms with Gasteiger partial charge in [-0.25, -0.2) is 0 Å². The minimum absolute atomic E-state index is 0.221. The van der Waals surface area contributed by atoms with Gasteiger partial charge in [0.15, 0.2) is 5.69 Å². The molecule has 0 aliphatic heterocycles. The van der Waals surface area contributed by atoms with Crippen molar-refractivity contribution < 1.29 is 9.90 Å². The second kappa shape index (κ2) is 4.02. The van der Waals surface area contributed by atoms with Gasteiger partial charge in [-0.15, -0.1) is 0 Å². The quantitative estimate of drug-likeness (QED) is 0.791. The Morgan fingerprint density at radius 1 is 1.71 bits per heavy atom. The number of aliphatic hydroxyl groups is 1. The van der Waals surface area contributed by atoms with E-state index >= 15 is 0 Å². The molecule has 1 aromatic rings. The van der Waals surface area contributed by atoms with Crippen LogP contribution in [-0.2, 0) is 0 Å². The fourth-order valence-corrected chi connectivity index (χ4v) is 1.51. The summed E-state index contributed by atoms with van der Waals surface area (Å²) in [6.07, 6.45) is 1.42. The standard InChI is InChI=1S/C8H13N3O2S/c1-8(2,13)5-11(3)7(12)6-4-9-14-10-6/h4,13H,5H2,1-3H3. The molecule has 0 aromatic carbocycles. The molecule has 0 aliphatic carbocycles. The summed E-state index contributed by atoms with van der Waals surface area (Å²) in [5.74, 6) is -0.221. The first-order chi connectivity index (χ1) is 6.40. The van der Waals surface area contributed by atoms with Gasteiger partial charge in [0, 0.05) is 13.6 Å². The number of carbonyl (C=O) groups excluding carboxylic acids is 1. The van der Waals surface area contributed by atoms with Crippen LogP contribution in [0.2, 0.25) is 0 Å². The Labute approximate surface area is 86.7 Å². The van der Waals surface area contributed by atoms with Gasteiger partial charge in [-0.05, 0) is 13.8 Å². The van der Waals surface area contributed by atoms with E-state index in [2.05, 4.69) is 8.75 Å². The maximum absolute atomic E-state index is 11.6. The van der Waals surface area contributed by atoms with Crippen molar-refractivity contribution in [3.05, 3.63) is 11.9 Å². The van der Waals surface area contributed by atoms with Crippen molar-refractivity contribution in [2.45, 2.75) is 19.4 Å². The summed E-state index contributed by atoms with van der Waals surface area (Å²) in [5, 5.41) is 9.51. The molecule has 0 atom stereocenters.